The molecule has 0 bridgehead atoms. The standard InChI is InChI=1S/C25H24F2N4O4/c1-16-12-30(15-28-16)22-6-4-18(8-23(22)34-3)5-7-24-29-35-25(14-32,31(24)13-17(2)33)19-9-20(26)11-21(27)10-19/h4,6,8-12,15,17,32-33H,13-14H2,1-3H3/t17-,25-/m1/s1. The summed E-state index contributed by atoms with van der Waals surface area (Å²) in [6.07, 6.45) is 2.66. The number of imidazole rings is 1. The summed E-state index contributed by atoms with van der Waals surface area (Å²) >= 11 is 0. The van der Waals surface area contributed by atoms with Crippen molar-refractivity contribution in [1.82, 2.24) is 14.5 Å². The minimum atomic E-state index is -1.75. The summed E-state index contributed by atoms with van der Waals surface area (Å²) in [6, 6.07) is 8.17. The zero-order valence-corrected chi connectivity index (χ0v) is 19.4. The number of halogens is 2. The second-order valence-electron chi connectivity index (χ2n) is 8.13. The molecule has 0 fully saturated rings. The number of aliphatic hydroxyl groups excluding tert-OH is 2. The van der Waals surface area contributed by atoms with Crippen LogP contribution in [0.4, 0.5) is 8.78 Å². The predicted molar refractivity (Wildman–Crippen MR) is 124 cm³/mol. The van der Waals surface area contributed by atoms with Gasteiger partial charge >= 0.3 is 0 Å². The molecular weight excluding hydrogens is 458 g/mol. The summed E-state index contributed by atoms with van der Waals surface area (Å²) in [4.78, 5) is 11.1. The highest BCUT2D eigenvalue weighted by Gasteiger charge is 2.48. The number of amidine groups is 1. The third-order valence-corrected chi connectivity index (χ3v) is 5.44. The number of benzene rings is 2. The molecule has 8 nitrogen and oxygen atoms in total. The van der Waals surface area contributed by atoms with Crippen LogP contribution in [-0.4, -0.2) is 56.9 Å². The molecule has 1 aliphatic rings. The van der Waals surface area contributed by atoms with Crippen molar-refractivity contribution in [3.8, 4) is 23.3 Å². The fourth-order valence-corrected chi connectivity index (χ4v) is 3.82. The highest BCUT2D eigenvalue weighted by Crippen LogP contribution is 2.36. The molecule has 0 unspecified atom stereocenters. The van der Waals surface area contributed by atoms with Crippen molar-refractivity contribution in [2.75, 3.05) is 20.3 Å². The van der Waals surface area contributed by atoms with Gasteiger partial charge in [-0.3, -0.25) is 4.90 Å². The second-order valence-corrected chi connectivity index (χ2v) is 8.13. The number of β-amino-alcohol motifs (C(OH)–C–C–N with tert-alkyl or cyclic N) is 1. The monoisotopic (exact) mass is 482 g/mol. The van der Waals surface area contributed by atoms with Crippen LogP contribution < -0.4 is 4.74 Å². The number of hydrogen-bond acceptors (Lipinski definition) is 7. The lowest BCUT2D eigenvalue weighted by atomic mass is 10.0. The Balaban J connectivity index is 1.68. The van der Waals surface area contributed by atoms with E-state index in [2.05, 4.69) is 22.0 Å². The van der Waals surface area contributed by atoms with E-state index in [0.29, 0.717) is 17.4 Å². The highest BCUT2D eigenvalue weighted by molar-refractivity contribution is 6.00. The molecule has 2 heterocycles. The molecule has 0 aliphatic carbocycles. The van der Waals surface area contributed by atoms with Gasteiger partial charge in [0.2, 0.25) is 5.84 Å². The van der Waals surface area contributed by atoms with Crippen LogP contribution in [0.3, 0.4) is 0 Å². The van der Waals surface area contributed by atoms with Gasteiger partial charge in [0.25, 0.3) is 5.72 Å². The molecule has 2 atom stereocenters. The van der Waals surface area contributed by atoms with Crippen molar-refractivity contribution in [2.45, 2.75) is 25.7 Å². The lowest BCUT2D eigenvalue weighted by Gasteiger charge is -2.36. The molecule has 1 aromatic heterocycles. The van der Waals surface area contributed by atoms with Crippen molar-refractivity contribution in [3.05, 3.63) is 77.4 Å². The largest absolute Gasteiger partial charge is 0.495 e. The number of oxime groups is 1. The molecule has 3 aromatic rings. The van der Waals surface area contributed by atoms with Crippen LogP contribution in [0.2, 0.25) is 0 Å². The first-order chi connectivity index (χ1) is 16.8. The zero-order valence-electron chi connectivity index (χ0n) is 19.4. The lowest BCUT2D eigenvalue weighted by molar-refractivity contribution is -0.142. The minimum Gasteiger partial charge on any atom is -0.495 e. The van der Waals surface area contributed by atoms with Gasteiger partial charge in [0.15, 0.2) is 0 Å². The van der Waals surface area contributed by atoms with E-state index in [-0.39, 0.29) is 17.9 Å². The van der Waals surface area contributed by atoms with Crippen molar-refractivity contribution >= 4 is 5.84 Å². The number of hydrogen-bond donors (Lipinski definition) is 2. The van der Waals surface area contributed by atoms with Crippen molar-refractivity contribution in [1.29, 1.82) is 0 Å². The maximum atomic E-state index is 13.9. The molecule has 0 amide bonds. The average Bonchev–Trinajstić information content (AvgIpc) is 3.40. The fourth-order valence-electron chi connectivity index (χ4n) is 3.82. The average molecular weight is 482 g/mol. The van der Waals surface area contributed by atoms with E-state index in [1.807, 2.05) is 23.8 Å². The number of aliphatic hydroxyl groups is 2. The van der Waals surface area contributed by atoms with Gasteiger partial charge in [0.1, 0.15) is 24.0 Å². The predicted octanol–water partition coefficient (Wildman–Crippen LogP) is 2.69. The summed E-state index contributed by atoms with van der Waals surface area (Å²) in [5, 5.41) is 24.2. The zero-order chi connectivity index (χ0) is 25.2. The molecular formula is C25H24F2N4O4. The van der Waals surface area contributed by atoms with E-state index in [0.717, 1.165) is 23.5 Å². The van der Waals surface area contributed by atoms with E-state index in [1.165, 1.54) is 11.8 Å². The molecule has 0 saturated carbocycles. The van der Waals surface area contributed by atoms with E-state index < -0.39 is 30.1 Å². The first-order valence-corrected chi connectivity index (χ1v) is 10.8. The first-order valence-electron chi connectivity index (χ1n) is 10.8. The molecule has 1 aliphatic heterocycles. The fraction of sp³-hybridized carbons (Fsp3) is 0.280. The molecule has 35 heavy (non-hydrogen) atoms. The number of rotatable bonds is 6. The summed E-state index contributed by atoms with van der Waals surface area (Å²) in [6.45, 7) is 2.66. The Morgan fingerprint density at radius 1 is 1.17 bits per heavy atom. The van der Waals surface area contributed by atoms with Crippen molar-refractivity contribution < 1.29 is 28.6 Å². The van der Waals surface area contributed by atoms with E-state index in [9.17, 15) is 19.0 Å². The van der Waals surface area contributed by atoms with Gasteiger partial charge in [0.05, 0.1) is 37.5 Å². The van der Waals surface area contributed by atoms with Crippen LogP contribution in [0.25, 0.3) is 5.69 Å². The summed E-state index contributed by atoms with van der Waals surface area (Å²) < 4.78 is 35.2. The second kappa shape index (κ2) is 9.74. The Morgan fingerprint density at radius 2 is 1.91 bits per heavy atom. The number of nitrogens with zero attached hydrogens (tertiary/aromatic N) is 4. The van der Waals surface area contributed by atoms with Gasteiger partial charge in [-0.1, -0.05) is 11.1 Å². The molecule has 0 saturated heterocycles. The van der Waals surface area contributed by atoms with Gasteiger partial charge in [-0.25, -0.2) is 13.8 Å². The Hall–Kier alpha value is -3.94. The third-order valence-electron chi connectivity index (χ3n) is 5.44. The van der Waals surface area contributed by atoms with Crippen LogP contribution >= 0.6 is 0 Å². The van der Waals surface area contributed by atoms with Gasteiger partial charge < -0.3 is 24.4 Å². The Kier molecular flexibility index (Phi) is 6.73. The molecule has 0 spiro atoms. The number of ether oxygens (including phenoxy) is 1. The van der Waals surface area contributed by atoms with Crippen LogP contribution in [0, 0.1) is 30.4 Å². The van der Waals surface area contributed by atoms with Crippen LogP contribution in [0.1, 0.15) is 23.7 Å². The first kappa shape index (κ1) is 24.2. The van der Waals surface area contributed by atoms with Crippen molar-refractivity contribution in [2.24, 2.45) is 5.16 Å². The number of aryl methyl sites for hydroxylation is 1. The van der Waals surface area contributed by atoms with E-state index in [4.69, 9.17) is 9.57 Å². The molecule has 10 heteroatoms. The van der Waals surface area contributed by atoms with E-state index in [1.54, 1.807) is 25.6 Å². The third kappa shape index (κ3) is 4.82. The summed E-state index contributed by atoms with van der Waals surface area (Å²) in [5.74, 6) is 4.81. The van der Waals surface area contributed by atoms with Gasteiger partial charge in [0, 0.05) is 23.4 Å². The quantitative estimate of drug-likeness (QED) is 0.525. The van der Waals surface area contributed by atoms with Gasteiger partial charge in [-0.05, 0) is 50.1 Å². The normalized spacial score (nSPS) is 17.9. The lowest BCUT2D eigenvalue weighted by Crippen LogP contribution is -2.51. The number of aromatic nitrogens is 2. The maximum Gasteiger partial charge on any atom is 0.261 e. The smallest absolute Gasteiger partial charge is 0.261 e. The molecule has 0 radical (unpaired) electrons. The summed E-state index contributed by atoms with van der Waals surface area (Å²) in [5.41, 5.74) is 0.494. The van der Waals surface area contributed by atoms with Crippen molar-refractivity contribution in [3.63, 3.8) is 0 Å². The Labute approximate surface area is 201 Å². The highest BCUT2D eigenvalue weighted by atomic mass is 19.1. The number of methoxy groups -OCH3 is 1. The van der Waals surface area contributed by atoms with Crippen LogP contribution in [0.5, 0.6) is 5.75 Å². The molecule has 182 valence electrons. The minimum absolute atomic E-state index is 0.000322. The molecule has 2 N–H and O–H groups in total. The van der Waals surface area contributed by atoms with Crippen LogP contribution in [0.15, 0.2) is 54.1 Å². The van der Waals surface area contributed by atoms with Gasteiger partial charge in [-0.2, -0.15) is 0 Å². The summed E-state index contributed by atoms with van der Waals surface area (Å²) in [7, 11) is 1.55. The Morgan fingerprint density at radius 3 is 2.51 bits per heavy atom. The Bertz CT molecular complexity index is 1310. The molecule has 2 aromatic carbocycles. The molecule has 4 rings (SSSR count). The van der Waals surface area contributed by atoms with E-state index >= 15 is 0 Å². The topological polar surface area (TPSA) is 92.3 Å². The van der Waals surface area contributed by atoms with Gasteiger partial charge in [-0.15, -0.1) is 0 Å². The van der Waals surface area contributed by atoms with Crippen LogP contribution in [-0.2, 0) is 10.6 Å². The maximum absolute atomic E-state index is 13.9. The SMILES string of the molecule is COc1cc(C#CC2=NO[C@](CO)(c3cc(F)cc(F)c3)N2C[C@@H](C)O)ccc1-n1cnc(C)c1.